The molecule has 0 saturated carbocycles. The number of nitrogens with zero attached hydrogens (tertiary/aromatic N) is 1. The summed E-state index contributed by atoms with van der Waals surface area (Å²) in [5.74, 6) is -1.16. The number of piperidine rings is 1. The minimum atomic E-state index is -4.77. The molecule has 3 aromatic rings. The van der Waals surface area contributed by atoms with Gasteiger partial charge in [-0.3, -0.25) is 4.79 Å². The van der Waals surface area contributed by atoms with Gasteiger partial charge in [-0.25, -0.2) is 4.79 Å². The number of hydrogen-bond acceptors (Lipinski definition) is 5. The summed E-state index contributed by atoms with van der Waals surface area (Å²) in [6, 6.07) is 14.2. The number of rotatable bonds is 5. The molecule has 2 N–H and O–H groups in total. The monoisotopic (exact) mass is 620 g/mol. The molecule has 2 unspecified atom stereocenters. The fourth-order valence-corrected chi connectivity index (χ4v) is 9.01. The van der Waals surface area contributed by atoms with Gasteiger partial charge in [0.05, 0.1) is 17.9 Å². The standard InChI is InChI=1S/C30H29ClF3N3O4S/c1-19-29(12-14-35-15-13-29)25-16-21(28(39)36-18-22-6-3-4-9-26(22)31)10-11-27(25)37(19,20(2)38)42(40,41)24-8-5-7-23(17-24)30(32,33)34/h3-11,16-17,19,35H,12-15,18H2,1-2H3/p+1. The largest absolute Gasteiger partial charge is 0.416 e. The van der Waals surface area contributed by atoms with Crippen LogP contribution >= 0.6 is 11.6 Å². The third kappa shape index (κ3) is 4.63. The molecule has 5 rings (SSSR count). The molecule has 7 nitrogen and oxygen atoms in total. The van der Waals surface area contributed by atoms with Crippen molar-refractivity contribution in [2.24, 2.45) is 0 Å². The lowest BCUT2D eigenvalue weighted by Gasteiger charge is -2.41. The molecule has 0 aromatic heterocycles. The predicted molar refractivity (Wildman–Crippen MR) is 153 cm³/mol. The summed E-state index contributed by atoms with van der Waals surface area (Å²) in [7, 11) is -4.75. The van der Waals surface area contributed by atoms with E-state index in [0.29, 0.717) is 42.6 Å². The van der Waals surface area contributed by atoms with Gasteiger partial charge in [-0.1, -0.05) is 35.9 Å². The van der Waals surface area contributed by atoms with E-state index in [-0.39, 0.29) is 17.8 Å². The van der Waals surface area contributed by atoms with Crippen molar-refractivity contribution >= 4 is 39.1 Å². The van der Waals surface area contributed by atoms with Gasteiger partial charge >= 0.3 is 22.1 Å². The highest BCUT2D eigenvalue weighted by Crippen LogP contribution is 2.57. The van der Waals surface area contributed by atoms with Crippen LogP contribution in [0.2, 0.25) is 5.02 Å². The van der Waals surface area contributed by atoms with E-state index < -0.39 is 53.8 Å². The maximum absolute atomic E-state index is 14.5. The Morgan fingerprint density at radius 1 is 1.05 bits per heavy atom. The maximum Gasteiger partial charge on any atom is 0.416 e. The molecule has 2 aliphatic heterocycles. The average Bonchev–Trinajstić information content (AvgIpc) is 3.17. The average molecular weight is 621 g/mol. The molecule has 2 amide bonds. The van der Waals surface area contributed by atoms with E-state index in [1.807, 2.05) is 0 Å². The molecule has 2 heterocycles. The van der Waals surface area contributed by atoms with Crippen LogP contribution in [0.15, 0.2) is 71.6 Å². The number of alkyl halides is 3. The Morgan fingerprint density at radius 2 is 1.74 bits per heavy atom. The highest BCUT2D eigenvalue weighted by atomic mass is 35.5. The van der Waals surface area contributed by atoms with Crippen LogP contribution in [0.25, 0.3) is 0 Å². The second kappa shape index (κ2) is 10.8. The first-order chi connectivity index (χ1) is 19.8. The van der Waals surface area contributed by atoms with E-state index in [1.165, 1.54) is 12.1 Å². The molecule has 0 aliphatic carbocycles. The van der Waals surface area contributed by atoms with Crippen LogP contribution in [0, 0.1) is 0 Å². The summed E-state index contributed by atoms with van der Waals surface area (Å²) >= 11 is 6.22. The van der Waals surface area contributed by atoms with E-state index in [9.17, 15) is 31.2 Å². The summed E-state index contributed by atoms with van der Waals surface area (Å²) < 4.78 is 68.5. The Labute approximate surface area is 247 Å². The number of carbonyl (C=O) groups is 2. The smallest absolute Gasteiger partial charge is 0.348 e. The summed E-state index contributed by atoms with van der Waals surface area (Å²) in [5, 5.41) is 6.60. The summed E-state index contributed by atoms with van der Waals surface area (Å²) in [6.07, 6.45) is -3.84. The Kier molecular flexibility index (Phi) is 7.76. The molecule has 3 aromatic carbocycles. The van der Waals surface area contributed by atoms with Crippen molar-refractivity contribution in [3.05, 3.63) is 94.0 Å². The lowest BCUT2D eigenvalue weighted by atomic mass is 9.70. The van der Waals surface area contributed by atoms with Gasteiger partial charge in [-0.2, -0.15) is 21.6 Å². The first kappa shape index (κ1) is 30.2. The summed E-state index contributed by atoms with van der Waals surface area (Å²) in [4.78, 5) is 26.3. The van der Waals surface area contributed by atoms with Crippen LogP contribution in [0.4, 0.5) is 18.9 Å². The second-order valence-electron chi connectivity index (χ2n) is 10.8. The Morgan fingerprint density at radius 3 is 2.38 bits per heavy atom. The van der Waals surface area contributed by atoms with Gasteiger partial charge in [0.25, 0.3) is 5.91 Å². The topological polar surface area (TPSA) is 92.3 Å². The van der Waals surface area contributed by atoms with Crippen molar-refractivity contribution < 1.29 is 31.2 Å². The van der Waals surface area contributed by atoms with E-state index in [4.69, 9.17) is 11.6 Å². The molecule has 222 valence electrons. The molecule has 12 heteroatoms. The van der Waals surface area contributed by atoms with E-state index >= 15 is 0 Å². The summed E-state index contributed by atoms with van der Waals surface area (Å²) in [5.41, 5.74) is -0.286. The van der Waals surface area contributed by atoms with Crippen molar-refractivity contribution in [3.8, 4) is 0 Å². The normalized spacial score (nSPS) is 21.6. The van der Waals surface area contributed by atoms with Gasteiger partial charge in [0.15, 0.2) is 5.69 Å². The molecule has 1 spiro atoms. The maximum atomic E-state index is 14.5. The van der Waals surface area contributed by atoms with Crippen LogP contribution in [-0.4, -0.2) is 39.4 Å². The van der Waals surface area contributed by atoms with Crippen LogP contribution in [0.5, 0.6) is 0 Å². The quantitative estimate of drug-likeness (QED) is 0.365. The van der Waals surface area contributed by atoms with Crippen molar-refractivity contribution in [1.82, 2.24) is 14.5 Å². The molecular formula is C30H30ClF3N3O4S+. The number of hydrogen-bond donors (Lipinski definition) is 2. The second-order valence-corrected chi connectivity index (χ2v) is 13.2. The highest BCUT2D eigenvalue weighted by Gasteiger charge is 2.68. The number of sulfonamides is 1. The van der Waals surface area contributed by atoms with Crippen molar-refractivity contribution in [2.45, 2.75) is 55.8 Å². The fraction of sp³-hybridized carbons (Fsp3) is 0.333. The molecule has 0 bridgehead atoms. The molecule has 1 saturated heterocycles. The third-order valence-corrected chi connectivity index (χ3v) is 11.4. The van der Waals surface area contributed by atoms with Gasteiger partial charge in [-0.15, -0.1) is 3.89 Å². The molecule has 42 heavy (non-hydrogen) atoms. The molecule has 2 atom stereocenters. The number of fused-ring (bicyclic) bond motifs is 2. The van der Waals surface area contributed by atoms with E-state index in [0.717, 1.165) is 30.7 Å². The van der Waals surface area contributed by atoms with Gasteiger partial charge in [-0.05, 0) is 74.8 Å². The summed E-state index contributed by atoms with van der Waals surface area (Å²) in [6.45, 7) is 4.05. The minimum absolute atomic E-state index is 0.150. The first-order valence-electron chi connectivity index (χ1n) is 13.5. The van der Waals surface area contributed by atoms with Gasteiger partial charge < -0.3 is 10.6 Å². The molecule has 0 radical (unpaired) electrons. The van der Waals surface area contributed by atoms with Gasteiger partial charge in [0.1, 0.15) is 10.9 Å². The lowest BCUT2D eigenvalue weighted by molar-refractivity contribution is -0.137. The van der Waals surface area contributed by atoms with E-state index in [2.05, 4.69) is 10.6 Å². The van der Waals surface area contributed by atoms with Crippen molar-refractivity contribution in [2.75, 3.05) is 13.1 Å². The molecule has 2 aliphatic rings. The zero-order valence-electron chi connectivity index (χ0n) is 23.0. The zero-order chi connectivity index (χ0) is 30.5. The van der Waals surface area contributed by atoms with Crippen LogP contribution in [0.1, 0.15) is 53.7 Å². The number of halogens is 4. The first-order valence-corrected chi connectivity index (χ1v) is 15.3. The number of amides is 2. The fourth-order valence-electron chi connectivity index (χ4n) is 6.58. The number of nitrogens with one attached hydrogen (secondary N) is 2. The van der Waals surface area contributed by atoms with Gasteiger partial charge in [0, 0.05) is 28.8 Å². The van der Waals surface area contributed by atoms with E-state index in [1.54, 1.807) is 37.3 Å². The predicted octanol–water partition coefficient (Wildman–Crippen LogP) is 5.55. The van der Waals surface area contributed by atoms with Crippen LogP contribution in [-0.2, 0) is 33.0 Å². The Balaban J connectivity index is 1.65. The number of benzene rings is 3. The van der Waals surface area contributed by atoms with Crippen LogP contribution in [0.3, 0.4) is 0 Å². The SMILES string of the molecule is CC(=O)[N+]1(S(=O)(=O)c2cccc(C(F)(F)F)c2)c2ccc(C(=O)NCc3ccccc3Cl)cc2C2(CCNCC2)C1C. The lowest BCUT2D eigenvalue weighted by Crippen LogP contribution is -2.65. The highest BCUT2D eigenvalue weighted by molar-refractivity contribution is 7.91. The number of carbonyl (C=O) groups excluding carboxylic acids is 2. The third-order valence-electron chi connectivity index (χ3n) is 8.70. The van der Waals surface area contributed by atoms with Crippen LogP contribution < -0.4 is 14.5 Å². The minimum Gasteiger partial charge on any atom is -0.348 e. The number of quaternary nitrogens is 1. The molecular weight excluding hydrogens is 591 g/mol. The Bertz CT molecular complexity index is 1670. The van der Waals surface area contributed by atoms with Crippen molar-refractivity contribution in [3.63, 3.8) is 0 Å². The van der Waals surface area contributed by atoms with Crippen molar-refractivity contribution in [1.29, 1.82) is 0 Å². The Hall–Kier alpha value is -3.25. The van der Waals surface area contributed by atoms with Gasteiger partial charge in [0.2, 0.25) is 0 Å². The zero-order valence-corrected chi connectivity index (χ0v) is 24.5. The molecule has 1 fully saturated rings.